The summed E-state index contributed by atoms with van der Waals surface area (Å²) >= 11 is 0. The van der Waals surface area contributed by atoms with Crippen molar-refractivity contribution in [2.45, 2.75) is 6.92 Å². The number of nitrogens with two attached hydrogens (primary N) is 1. The Hall–Kier alpha value is -2.28. The van der Waals surface area contributed by atoms with Gasteiger partial charge in [-0.05, 0) is 13.0 Å². The number of nitrogens with zero attached hydrogens (tertiary/aromatic N) is 3. The summed E-state index contributed by atoms with van der Waals surface area (Å²) in [5.41, 5.74) is 6.42. The van der Waals surface area contributed by atoms with Gasteiger partial charge >= 0.3 is 0 Å². The number of amides is 1. The maximum Gasteiger partial charge on any atom is 0.271 e. The number of carbonyl (C=O) groups is 1. The summed E-state index contributed by atoms with van der Waals surface area (Å²) in [5, 5.41) is 15.9. The molecule has 1 atom stereocenters. The van der Waals surface area contributed by atoms with Crippen molar-refractivity contribution in [3.05, 3.63) is 34.4 Å². The number of nitro benzene ring substituents is 1. The summed E-state index contributed by atoms with van der Waals surface area (Å²) in [7, 11) is 0. The highest BCUT2D eigenvalue weighted by Crippen LogP contribution is 2.26. The molecule has 0 aromatic heterocycles. The normalized spacial score (nSPS) is 19.0. The van der Waals surface area contributed by atoms with E-state index in [2.05, 4.69) is 5.10 Å². The van der Waals surface area contributed by atoms with Crippen LogP contribution >= 0.6 is 0 Å². The largest absolute Gasteiger partial charge is 0.329 e. The highest BCUT2D eigenvalue weighted by Gasteiger charge is 2.33. The maximum atomic E-state index is 12.0. The van der Waals surface area contributed by atoms with E-state index in [0.717, 1.165) is 0 Å². The Bertz CT molecular complexity index is 541. The zero-order valence-electron chi connectivity index (χ0n) is 9.74. The van der Waals surface area contributed by atoms with Gasteiger partial charge in [0.15, 0.2) is 0 Å². The number of hydrazone groups is 1. The lowest BCUT2D eigenvalue weighted by atomic mass is 10.1. The van der Waals surface area contributed by atoms with Gasteiger partial charge in [-0.2, -0.15) is 10.1 Å². The molecule has 1 aromatic rings. The Kier molecular flexibility index (Phi) is 3.07. The summed E-state index contributed by atoms with van der Waals surface area (Å²) in [6, 6.07) is 5.79. The molecule has 7 nitrogen and oxygen atoms in total. The van der Waals surface area contributed by atoms with Gasteiger partial charge in [0.2, 0.25) is 0 Å². The molecule has 2 rings (SSSR count). The molecule has 0 fully saturated rings. The molecule has 0 saturated heterocycles. The van der Waals surface area contributed by atoms with Gasteiger partial charge < -0.3 is 5.73 Å². The van der Waals surface area contributed by atoms with Crippen molar-refractivity contribution in [3.63, 3.8) is 0 Å². The molecule has 1 aromatic carbocycles. The number of hydrogen-bond donors (Lipinski definition) is 1. The third kappa shape index (κ3) is 1.95. The average Bonchev–Trinajstić information content (AvgIpc) is 2.64. The van der Waals surface area contributed by atoms with Gasteiger partial charge in [-0.25, -0.2) is 0 Å². The molecule has 1 unspecified atom stereocenters. The fourth-order valence-electron chi connectivity index (χ4n) is 1.80. The van der Waals surface area contributed by atoms with E-state index in [1.165, 1.54) is 23.2 Å². The average molecular weight is 248 g/mol. The van der Waals surface area contributed by atoms with E-state index in [4.69, 9.17) is 5.73 Å². The first-order valence-corrected chi connectivity index (χ1v) is 5.38. The summed E-state index contributed by atoms with van der Waals surface area (Å²) in [6.07, 6.45) is 0. The van der Waals surface area contributed by atoms with Crippen LogP contribution in [0.4, 0.5) is 11.4 Å². The molecule has 0 bridgehead atoms. The monoisotopic (exact) mass is 248 g/mol. The van der Waals surface area contributed by atoms with Crippen LogP contribution in [0.25, 0.3) is 0 Å². The number of rotatable bonds is 3. The van der Waals surface area contributed by atoms with Crippen molar-refractivity contribution in [2.75, 3.05) is 11.6 Å². The van der Waals surface area contributed by atoms with E-state index >= 15 is 0 Å². The summed E-state index contributed by atoms with van der Waals surface area (Å²) in [5.74, 6) is -0.695. The van der Waals surface area contributed by atoms with Crippen LogP contribution in [0.3, 0.4) is 0 Å². The molecule has 0 aliphatic carbocycles. The van der Waals surface area contributed by atoms with E-state index in [1.807, 2.05) is 0 Å². The van der Waals surface area contributed by atoms with Crippen LogP contribution in [0.2, 0.25) is 0 Å². The summed E-state index contributed by atoms with van der Waals surface area (Å²) < 4.78 is 0. The highest BCUT2D eigenvalue weighted by atomic mass is 16.6. The number of benzene rings is 1. The first-order valence-electron chi connectivity index (χ1n) is 5.38. The van der Waals surface area contributed by atoms with Crippen LogP contribution < -0.4 is 10.7 Å². The first kappa shape index (κ1) is 12.2. The second kappa shape index (κ2) is 4.53. The lowest BCUT2D eigenvalue weighted by Gasteiger charge is -2.13. The summed E-state index contributed by atoms with van der Waals surface area (Å²) in [4.78, 5) is 22.2. The van der Waals surface area contributed by atoms with Crippen molar-refractivity contribution < 1.29 is 9.72 Å². The number of anilines is 1. The molecule has 18 heavy (non-hydrogen) atoms. The maximum absolute atomic E-state index is 12.0. The predicted molar refractivity (Wildman–Crippen MR) is 66.2 cm³/mol. The number of carbonyl (C=O) groups excluding carboxylic acids is 1. The molecule has 0 saturated carbocycles. The van der Waals surface area contributed by atoms with Gasteiger partial charge in [-0.3, -0.25) is 14.9 Å². The lowest BCUT2D eigenvalue weighted by molar-refractivity contribution is -0.384. The Morgan fingerprint density at radius 3 is 2.83 bits per heavy atom. The number of non-ortho nitro benzene ring substituents is 1. The molecule has 1 aliphatic heterocycles. The minimum absolute atomic E-state index is 0.0793. The Labute approximate surface area is 103 Å². The van der Waals surface area contributed by atoms with Crippen molar-refractivity contribution in [3.8, 4) is 0 Å². The van der Waals surface area contributed by atoms with Crippen LogP contribution in [-0.4, -0.2) is 23.1 Å². The third-order valence-corrected chi connectivity index (χ3v) is 2.79. The number of nitro groups is 1. The lowest BCUT2D eigenvalue weighted by Crippen LogP contribution is -2.32. The minimum Gasteiger partial charge on any atom is -0.329 e. The Balaban J connectivity index is 2.36. The molecule has 1 aliphatic rings. The predicted octanol–water partition coefficient (Wildman–Crippen LogP) is 0.892. The molecule has 1 amide bonds. The molecule has 94 valence electrons. The highest BCUT2D eigenvalue weighted by molar-refractivity contribution is 6.15. The fraction of sp³-hybridized carbons (Fsp3) is 0.273. The van der Waals surface area contributed by atoms with E-state index in [0.29, 0.717) is 11.4 Å². The zero-order valence-corrected chi connectivity index (χ0v) is 9.74. The third-order valence-electron chi connectivity index (χ3n) is 2.79. The van der Waals surface area contributed by atoms with Gasteiger partial charge in [-0.1, -0.05) is 6.07 Å². The van der Waals surface area contributed by atoms with Crippen molar-refractivity contribution in [2.24, 2.45) is 16.8 Å². The molecule has 1 heterocycles. The van der Waals surface area contributed by atoms with E-state index in [-0.39, 0.29) is 18.1 Å². The van der Waals surface area contributed by atoms with Crippen molar-refractivity contribution in [1.29, 1.82) is 0 Å². The standard InChI is InChI=1S/C11H12N4O3/c1-7-10(6-12)11(16)14(13-7)8-3-2-4-9(5-8)15(17)18/h2-5,10H,6,12H2,1H3. The van der Waals surface area contributed by atoms with E-state index < -0.39 is 10.8 Å². The second-order valence-electron chi connectivity index (χ2n) is 3.96. The smallest absolute Gasteiger partial charge is 0.271 e. The zero-order chi connectivity index (χ0) is 13.3. The SMILES string of the molecule is CC1=NN(c2cccc([N+](=O)[O-])c2)C(=O)C1CN. The van der Waals surface area contributed by atoms with Gasteiger partial charge in [0.05, 0.1) is 16.5 Å². The van der Waals surface area contributed by atoms with Crippen LogP contribution in [0, 0.1) is 16.0 Å². The van der Waals surface area contributed by atoms with Gasteiger partial charge in [0.25, 0.3) is 11.6 Å². The Morgan fingerprint density at radius 2 is 2.28 bits per heavy atom. The minimum atomic E-state index is -0.513. The molecule has 0 radical (unpaired) electrons. The van der Waals surface area contributed by atoms with Crippen LogP contribution in [0.5, 0.6) is 0 Å². The molecular weight excluding hydrogens is 236 g/mol. The number of hydrogen-bond acceptors (Lipinski definition) is 5. The van der Waals surface area contributed by atoms with Crippen LogP contribution in [0.15, 0.2) is 29.4 Å². The van der Waals surface area contributed by atoms with Crippen LogP contribution in [-0.2, 0) is 4.79 Å². The molecule has 0 spiro atoms. The van der Waals surface area contributed by atoms with Gasteiger partial charge in [-0.15, -0.1) is 0 Å². The van der Waals surface area contributed by atoms with Crippen molar-refractivity contribution in [1.82, 2.24) is 0 Å². The van der Waals surface area contributed by atoms with E-state index in [9.17, 15) is 14.9 Å². The van der Waals surface area contributed by atoms with Gasteiger partial charge in [0, 0.05) is 24.4 Å². The van der Waals surface area contributed by atoms with Crippen LogP contribution in [0.1, 0.15) is 6.92 Å². The fourth-order valence-corrected chi connectivity index (χ4v) is 1.80. The first-order chi connectivity index (χ1) is 8.54. The molecular formula is C11H12N4O3. The Morgan fingerprint density at radius 1 is 1.56 bits per heavy atom. The van der Waals surface area contributed by atoms with Gasteiger partial charge in [0.1, 0.15) is 0 Å². The molecule has 7 heteroatoms. The second-order valence-corrected chi connectivity index (χ2v) is 3.96. The molecule has 2 N–H and O–H groups in total. The summed E-state index contributed by atoms with van der Waals surface area (Å²) in [6.45, 7) is 1.90. The quantitative estimate of drug-likeness (QED) is 0.633. The van der Waals surface area contributed by atoms with Crippen molar-refractivity contribution >= 4 is 23.0 Å². The topological polar surface area (TPSA) is 102 Å². The van der Waals surface area contributed by atoms with E-state index in [1.54, 1.807) is 13.0 Å².